The van der Waals surface area contributed by atoms with E-state index >= 15 is 0 Å². The molecule has 0 saturated heterocycles. The molecule has 0 bridgehead atoms. The number of hydrogen-bond donors (Lipinski definition) is 2. The topological polar surface area (TPSA) is 87.4 Å². The number of aromatic amines is 1. The minimum atomic E-state index is -0.705. The molecule has 1 aromatic heterocycles. The van der Waals surface area contributed by atoms with Crippen molar-refractivity contribution in [2.24, 2.45) is 4.99 Å². The third-order valence-corrected chi connectivity index (χ3v) is 4.68. The van der Waals surface area contributed by atoms with Gasteiger partial charge in [-0.25, -0.2) is 9.36 Å². The normalized spacial score (nSPS) is 11.2. The third-order valence-electron chi connectivity index (χ3n) is 3.90. The minimum Gasteiger partial charge on any atom is -0.493 e. The van der Waals surface area contributed by atoms with Crippen molar-refractivity contribution in [1.29, 1.82) is 0 Å². The summed E-state index contributed by atoms with van der Waals surface area (Å²) in [5.41, 5.74) is 0.473. The molecule has 0 aliphatic rings. The Morgan fingerprint density at radius 3 is 2.54 bits per heavy atom. The van der Waals surface area contributed by atoms with Crippen LogP contribution in [0.2, 0.25) is 0 Å². The number of hydrogen-bond acceptors (Lipinski definition) is 5. The molecule has 3 rings (SSSR count). The Morgan fingerprint density at radius 1 is 1.12 bits per heavy atom. The van der Waals surface area contributed by atoms with Gasteiger partial charge in [-0.05, 0) is 36.9 Å². The summed E-state index contributed by atoms with van der Waals surface area (Å²) in [5.74, 6) is -0.446. The van der Waals surface area contributed by atoms with Gasteiger partial charge in [-0.3, -0.25) is 14.8 Å². The fourth-order valence-electron chi connectivity index (χ4n) is 2.56. The number of nitrogens with one attached hydrogen (secondary N) is 1. The summed E-state index contributed by atoms with van der Waals surface area (Å²) >= 11 is 1.53. The number of aryl methyl sites for hydroxylation is 1. The zero-order valence-electron chi connectivity index (χ0n) is 14.3. The summed E-state index contributed by atoms with van der Waals surface area (Å²) in [6.07, 6.45) is 3.20. The van der Waals surface area contributed by atoms with E-state index in [1.54, 1.807) is 12.1 Å². The molecule has 0 atom stereocenters. The van der Waals surface area contributed by atoms with Gasteiger partial charge in [0.05, 0.1) is 11.4 Å². The molecule has 0 saturated carbocycles. The Kier molecular flexibility index (Phi) is 5.09. The first kappa shape index (κ1) is 17.8. The number of rotatable bonds is 4. The van der Waals surface area contributed by atoms with E-state index in [1.165, 1.54) is 18.0 Å². The van der Waals surface area contributed by atoms with Crippen molar-refractivity contribution in [3.63, 3.8) is 0 Å². The van der Waals surface area contributed by atoms with Crippen LogP contribution in [0.15, 0.2) is 68.0 Å². The van der Waals surface area contributed by atoms with E-state index in [-0.39, 0.29) is 5.56 Å². The first-order chi connectivity index (χ1) is 12.5. The van der Waals surface area contributed by atoms with Gasteiger partial charge in [0.15, 0.2) is 0 Å². The second kappa shape index (κ2) is 7.45. The maximum atomic E-state index is 12.2. The van der Waals surface area contributed by atoms with Gasteiger partial charge >= 0.3 is 5.69 Å². The van der Waals surface area contributed by atoms with Gasteiger partial charge in [-0.2, -0.15) is 0 Å². The quantitative estimate of drug-likeness (QED) is 0.548. The standard InChI is InChI=1S/C19H17N3O3S/c1-12-7-3-5-9-15(12)22-18(24)13(17(23)21-19(22)25)11-20-14-8-4-6-10-16(14)26-2/h3-11,24H,1-2H3,(H,21,23,25). The van der Waals surface area contributed by atoms with Crippen LogP contribution < -0.4 is 11.2 Å². The van der Waals surface area contributed by atoms with Crippen molar-refractivity contribution in [1.82, 2.24) is 9.55 Å². The molecule has 0 spiro atoms. The highest BCUT2D eigenvalue weighted by atomic mass is 32.2. The number of aromatic hydroxyl groups is 1. The average Bonchev–Trinajstić information content (AvgIpc) is 2.63. The van der Waals surface area contributed by atoms with E-state index in [9.17, 15) is 14.7 Å². The zero-order valence-corrected chi connectivity index (χ0v) is 15.1. The van der Waals surface area contributed by atoms with E-state index < -0.39 is 17.1 Å². The largest absolute Gasteiger partial charge is 0.493 e. The van der Waals surface area contributed by atoms with Crippen molar-refractivity contribution < 1.29 is 5.11 Å². The molecule has 0 aliphatic carbocycles. The summed E-state index contributed by atoms with van der Waals surface area (Å²) in [6, 6.07) is 14.5. The van der Waals surface area contributed by atoms with E-state index in [1.807, 2.05) is 49.6 Å². The van der Waals surface area contributed by atoms with E-state index in [0.29, 0.717) is 11.4 Å². The maximum absolute atomic E-state index is 12.2. The number of para-hydroxylation sites is 2. The van der Waals surface area contributed by atoms with Crippen LogP contribution in [-0.4, -0.2) is 27.1 Å². The number of benzene rings is 2. The van der Waals surface area contributed by atoms with Crippen LogP contribution in [0.3, 0.4) is 0 Å². The minimum absolute atomic E-state index is 0.0799. The zero-order chi connectivity index (χ0) is 18.7. The van der Waals surface area contributed by atoms with Gasteiger partial charge in [-0.1, -0.05) is 30.3 Å². The molecule has 0 aliphatic heterocycles. The number of nitrogens with zero attached hydrogens (tertiary/aromatic N) is 2. The van der Waals surface area contributed by atoms with Crippen LogP contribution >= 0.6 is 11.8 Å². The fraction of sp³-hybridized carbons (Fsp3) is 0.105. The fourth-order valence-corrected chi connectivity index (χ4v) is 3.11. The highest BCUT2D eigenvalue weighted by Gasteiger charge is 2.15. The van der Waals surface area contributed by atoms with Crippen LogP contribution in [0.25, 0.3) is 5.69 Å². The molecule has 26 heavy (non-hydrogen) atoms. The van der Waals surface area contributed by atoms with Crippen molar-refractivity contribution in [3.8, 4) is 11.6 Å². The highest BCUT2D eigenvalue weighted by Crippen LogP contribution is 2.27. The Hall–Kier alpha value is -3.06. The number of H-pyrrole nitrogens is 1. The molecule has 0 unspecified atom stereocenters. The Labute approximate surface area is 153 Å². The number of thioether (sulfide) groups is 1. The first-order valence-corrected chi connectivity index (χ1v) is 9.06. The summed E-state index contributed by atoms with van der Waals surface area (Å²) in [6.45, 7) is 1.81. The molecule has 3 aromatic rings. The predicted molar refractivity (Wildman–Crippen MR) is 105 cm³/mol. The molecule has 0 radical (unpaired) electrons. The van der Waals surface area contributed by atoms with Gasteiger partial charge in [0, 0.05) is 11.1 Å². The van der Waals surface area contributed by atoms with Crippen molar-refractivity contribution in [3.05, 3.63) is 80.5 Å². The number of aromatic nitrogens is 2. The summed E-state index contributed by atoms with van der Waals surface area (Å²) in [7, 11) is 0. The lowest BCUT2D eigenvalue weighted by Gasteiger charge is -2.11. The van der Waals surface area contributed by atoms with Crippen LogP contribution in [0, 0.1) is 6.92 Å². The van der Waals surface area contributed by atoms with Crippen LogP contribution in [0.4, 0.5) is 5.69 Å². The summed E-state index contributed by atoms with van der Waals surface area (Å²) in [4.78, 5) is 31.9. The third kappa shape index (κ3) is 3.34. The van der Waals surface area contributed by atoms with E-state index in [4.69, 9.17) is 0 Å². The monoisotopic (exact) mass is 367 g/mol. The van der Waals surface area contributed by atoms with Gasteiger partial charge < -0.3 is 5.11 Å². The van der Waals surface area contributed by atoms with E-state index in [2.05, 4.69) is 9.98 Å². The van der Waals surface area contributed by atoms with Crippen LogP contribution in [-0.2, 0) is 0 Å². The summed E-state index contributed by atoms with van der Waals surface area (Å²) < 4.78 is 1.07. The molecule has 132 valence electrons. The van der Waals surface area contributed by atoms with Gasteiger partial charge in [0.2, 0.25) is 5.88 Å². The molecule has 2 N–H and O–H groups in total. The SMILES string of the molecule is CSc1ccccc1N=Cc1c(O)n(-c2ccccc2C)c(=O)[nH]c1=O. The van der Waals surface area contributed by atoms with Crippen molar-refractivity contribution in [2.45, 2.75) is 11.8 Å². The second-order valence-electron chi connectivity index (χ2n) is 5.55. The molecular formula is C19H17N3O3S. The summed E-state index contributed by atoms with van der Waals surface area (Å²) in [5, 5.41) is 10.6. The van der Waals surface area contributed by atoms with Crippen molar-refractivity contribution >= 4 is 23.7 Å². The molecule has 0 amide bonds. The molecule has 2 aromatic carbocycles. The maximum Gasteiger partial charge on any atom is 0.335 e. The molecule has 0 fully saturated rings. The lowest BCUT2D eigenvalue weighted by Crippen LogP contribution is -2.31. The first-order valence-electron chi connectivity index (χ1n) is 7.84. The van der Waals surface area contributed by atoms with Crippen LogP contribution in [0.1, 0.15) is 11.1 Å². The lowest BCUT2D eigenvalue weighted by atomic mass is 10.2. The molecule has 6 nitrogen and oxygen atoms in total. The average molecular weight is 367 g/mol. The Balaban J connectivity index is 2.16. The smallest absolute Gasteiger partial charge is 0.335 e. The Bertz CT molecular complexity index is 1100. The number of aliphatic imine (C=N–C) groups is 1. The molecular weight excluding hydrogens is 350 g/mol. The highest BCUT2D eigenvalue weighted by molar-refractivity contribution is 7.98. The van der Waals surface area contributed by atoms with Gasteiger partial charge in [0.1, 0.15) is 5.56 Å². The van der Waals surface area contributed by atoms with E-state index in [0.717, 1.165) is 15.0 Å². The van der Waals surface area contributed by atoms with Gasteiger partial charge in [-0.15, -0.1) is 11.8 Å². The second-order valence-corrected chi connectivity index (χ2v) is 6.40. The van der Waals surface area contributed by atoms with Crippen LogP contribution in [0.5, 0.6) is 5.88 Å². The Morgan fingerprint density at radius 2 is 1.81 bits per heavy atom. The lowest BCUT2D eigenvalue weighted by molar-refractivity contribution is 0.430. The molecule has 1 heterocycles. The molecule has 7 heteroatoms. The van der Waals surface area contributed by atoms with Gasteiger partial charge in [0.25, 0.3) is 5.56 Å². The van der Waals surface area contributed by atoms with Crippen molar-refractivity contribution in [2.75, 3.05) is 6.26 Å². The predicted octanol–water partition coefficient (Wildman–Crippen LogP) is 3.01.